The Labute approximate surface area is 148 Å². The van der Waals surface area contributed by atoms with E-state index < -0.39 is 17.4 Å². The third-order valence-electron chi connectivity index (χ3n) is 4.42. The number of hydrogen-bond donors (Lipinski definition) is 0. The van der Waals surface area contributed by atoms with Gasteiger partial charge in [-0.1, -0.05) is 30.3 Å². The van der Waals surface area contributed by atoms with Crippen LogP contribution in [0.15, 0.2) is 30.3 Å². The van der Waals surface area contributed by atoms with Crippen molar-refractivity contribution in [3.63, 3.8) is 0 Å². The van der Waals surface area contributed by atoms with Gasteiger partial charge in [0.25, 0.3) is 0 Å². The molecule has 1 aromatic rings. The first-order valence-corrected chi connectivity index (χ1v) is 8.64. The van der Waals surface area contributed by atoms with Crippen molar-refractivity contribution >= 4 is 17.7 Å². The van der Waals surface area contributed by atoms with Gasteiger partial charge in [0, 0.05) is 13.1 Å². The second kappa shape index (κ2) is 8.76. The summed E-state index contributed by atoms with van der Waals surface area (Å²) in [4.78, 5) is 39.2. The van der Waals surface area contributed by atoms with Crippen LogP contribution in [0.5, 0.6) is 0 Å². The van der Waals surface area contributed by atoms with Crippen LogP contribution >= 0.6 is 0 Å². The van der Waals surface area contributed by atoms with Crippen molar-refractivity contribution in [2.24, 2.45) is 5.41 Å². The lowest BCUT2D eigenvalue weighted by Crippen LogP contribution is -2.53. The SMILES string of the molecule is CCOC(=O)CC1(C(=O)OCC)CCN(Cc2ccccc2)CC1=O. The summed E-state index contributed by atoms with van der Waals surface area (Å²) in [6.45, 7) is 5.05. The number of esters is 2. The molecule has 1 heterocycles. The monoisotopic (exact) mass is 347 g/mol. The summed E-state index contributed by atoms with van der Waals surface area (Å²) in [6.07, 6.45) is 0.00793. The van der Waals surface area contributed by atoms with E-state index >= 15 is 0 Å². The highest BCUT2D eigenvalue weighted by Gasteiger charge is 2.51. The highest BCUT2D eigenvalue weighted by atomic mass is 16.5. The van der Waals surface area contributed by atoms with Crippen LogP contribution in [0, 0.1) is 5.41 Å². The number of piperidine rings is 1. The Morgan fingerprint density at radius 1 is 1.12 bits per heavy atom. The van der Waals surface area contributed by atoms with E-state index in [0.29, 0.717) is 13.1 Å². The average Bonchev–Trinajstić information content (AvgIpc) is 2.59. The maximum Gasteiger partial charge on any atom is 0.320 e. The zero-order chi connectivity index (χ0) is 18.3. The summed E-state index contributed by atoms with van der Waals surface area (Å²) in [6, 6.07) is 9.83. The quantitative estimate of drug-likeness (QED) is 0.555. The van der Waals surface area contributed by atoms with Gasteiger partial charge in [-0.15, -0.1) is 0 Å². The molecule has 0 spiro atoms. The first kappa shape index (κ1) is 19.1. The molecule has 1 aliphatic heterocycles. The van der Waals surface area contributed by atoms with Crippen molar-refractivity contribution < 1.29 is 23.9 Å². The van der Waals surface area contributed by atoms with Crippen LogP contribution in [-0.4, -0.2) is 48.9 Å². The standard InChI is InChI=1S/C19H25NO5/c1-3-24-17(22)12-19(18(23)25-4-2)10-11-20(14-16(19)21)13-15-8-6-5-7-9-15/h5-9H,3-4,10-14H2,1-2H3. The number of hydrogen-bond acceptors (Lipinski definition) is 6. The van der Waals surface area contributed by atoms with Crippen LogP contribution in [0.4, 0.5) is 0 Å². The minimum atomic E-state index is -1.42. The van der Waals surface area contributed by atoms with E-state index in [1.807, 2.05) is 35.2 Å². The van der Waals surface area contributed by atoms with Crippen LogP contribution < -0.4 is 0 Å². The van der Waals surface area contributed by atoms with Gasteiger partial charge in [0.15, 0.2) is 5.78 Å². The van der Waals surface area contributed by atoms with Crippen LogP contribution in [0.2, 0.25) is 0 Å². The van der Waals surface area contributed by atoms with Crippen LogP contribution in [-0.2, 0) is 30.4 Å². The second-order valence-electron chi connectivity index (χ2n) is 6.15. The molecule has 0 amide bonds. The minimum absolute atomic E-state index is 0.118. The highest BCUT2D eigenvalue weighted by Crippen LogP contribution is 2.35. The molecule has 136 valence electrons. The van der Waals surface area contributed by atoms with Crippen LogP contribution in [0.25, 0.3) is 0 Å². The predicted molar refractivity (Wildman–Crippen MR) is 91.7 cm³/mol. The number of ketones is 1. The van der Waals surface area contributed by atoms with E-state index in [2.05, 4.69) is 0 Å². The van der Waals surface area contributed by atoms with Gasteiger partial charge in [-0.3, -0.25) is 19.3 Å². The lowest BCUT2D eigenvalue weighted by molar-refractivity contribution is -0.170. The fraction of sp³-hybridized carbons (Fsp3) is 0.526. The maximum absolute atomic E-state index is 12.8. The molecule has 0 aliphatic carbocycles. The molecule has 1 aliphatic rings. The van der Waals surface area contributed by atoms with Gasteiger partial charge in [0.05, 0.1) is 26.2 Å². The molecule has 0 bridgehead atoms. The molecule has 1 aromatic carbocycles. The first-order valence-electron chi connectivity index (χ1n) is 8.64. The fourth-order valence-electron chi connectivity index (χ4n) is 3.10. The molecular weight excluding hydrogens is 322 g/mol. The van der Waals surface area contributed by atoms with Gasteiger partial charge >= 0.3 is 11.9 Å². The topological polar surface area (TPSA) is 72.9 Å². The second-order valence-corrected chi connectivity index (χ2v) is 6.15. The summed E-state index contributed by atoms with van der Waals surface area (Å²) >= 11 is 0. The van der Waals surface area contributed by atoms with Gasteiger partial charge in [0.2, 0.25) is 0 Å². The average molecular weight is 347 g/mol. The molecule has 0 saturated carbocycles. The van der Waals surface area contributed by atoms with E-state index in [4.69, 9.17) is 9.47 Å². The fourth-order valence-corrected chi connectivity index (χ4v) is 3.10. The van der Waals surface area contributed by atoms with Gasteiger partial charge < -0.3 is 9.47 Å². The van der Waals surface area contributed by atoms with Crippen molar-refractivity contribution in [2.45, 2.75) is 33.2 Å². The Morgan fingerprint density at radius 3 is 2.40 bits per heavy atom. The normalized spacial score (nSPS) is 21.0. The molecular formula is C19H25NO5. The maximum atomic E-state index is 12.8. The van der Waals surface area contributed by atoms with Crippen molar-refractivity contribution in [3.8, 4) is 0 Å². The lowest BCUT2D eigenvalue weighted by atomic mass is 9.74. The smallest absolute Gasteiger partial charge is 0.320 e. The van der Waals surface area contributed by atoms with Crippen molar-refractivity contribution in [1.82, 2.24) is 4.90 Å². The van der Waals surface area contributed by atoms with Crippen molar-refractivity contribution in [2.75, 3.05) is 26.3 Å². The van der Waals surface area contributed by atoms with Gasteiger partial charge in [-0.05, 0) is 25.8 Å². The molecule has 0 radical (unpaired) electrons. The molecule has 1 saturated heterocycles. The first-order chi connectivity index (χ1) is 12.0. The molecule has 1 atom stereocenters. The largest absolute Gasteiger partial charge is 0.466 e. The molecule has 0 aromatic heterocycles. The van der Waals surface area contributed by atoms with Crippen LogP contribution in [0.1, 0.15) is 32.3 Å². The summed E-state index contributed by atoms with van der Waals surface area (Å²) < 4.78 is 10.1. The number of nitrogens with zero attached hydrogens (tertiary/aromatic N) is 1. The number of carbonyl (C=O) groups excluding carboxylic acids is 3. The zero-order valence-electron chi connectivity index (χ0n) is 14.8. The predicted octanol–water partition coefficient (Wildman–Crippen LogP) is 1.96. The van der Waals surface area contributed by atoms with Gasteiger partial charge in [-0.25, -0.2) is 0 Å². The third-order valence-corrected chi connectivity index (χ3v) is 4.42. The molecule has 1 fully saturated rings. The minimum Gasteiger partial charge on any atom is -0.466 e. The Kier molecular flexibility index (Phi) is 6.70. The van der Waals surface area contributed by atoms with E-state index in [9.17, 15) is 14.4 Å². The molecule has 6 nitrogen and oxygen atoms in total. The molecule has 2 rings (SSSR count). The lowest BCUT2D eigenvalue weighted by Gasteiger charge is -2.37. The number of Topliss-reactive ketones (excluding diaryl/α,β-unsaturated/α-hetero) is 1. The number of likely N-dealkylation sites (tertiary alicyclic amines) is 1. The van der Waals surface area contributed by atoms with Crippen molar-refractivity contribution in [1.29, 1.82) is 0 Å². The van der Waals surface area contributed by atoms with E-state index in [-0.39, 0.29) is 38.4 Å². The number of carbonyl (C=O) groups is 3. The molecule has 1 unspecified atom stereocenters. The third kappa shape index (κ3) is 4.66. The van der Waals surface area contributed by atoms with Crippen molar-refractivity contribution in [3.05, 3.63) is 35.9 Å². The van der Waals surface area contributed by atoms with Gasteiger partial charge in [-0.2, -0.15) is 0 Å². The van der Waals surface area contributed by atoms with E-state index in [1.54, 1.807) is 13.8 Å². The molecule has 25 heavy (non-hydrogen) atoms. The van der Waals surface area contributed by atoms with Crippen LogP contribution in [0.3, 0.4) is 0 Å². The summed E-state index contributed by atoms with van der Waals surface area (Å²) in [5.41, 5.74) is -0.320. The number of rotatable bonds is 7. The summed E-state index contributed by atoms with van der Waals surface area (Å²) in [5, 5.41) is 0. The molecule has 0 N–H and O–H groups in total. The van der Waals surface area contributed by atoms with E-state index in [0.717, 1.165) is 5.56 Å². The van der Waals surface area contributed by atoms with Gasteiger partial charge in [0.1, 0.15) is 5.41 Å². The molecule has 6 heteroatoms. The Morgan fingerprint density at radius 2 is 1.80 bits per heavy atom. The Bertz CT molecular complexity index is 616. The van der Waals surface area contributed by atoms with E-state index in [1.165, 1.54) is 0 Å². The zero-order valence-corrected chi connectivity index (χ0v) is 14.8. The number of ether oxygens (including phenoxy) is 2. The Hall–Kier alpha value is -2.21. The summed E-state index contributed by atoms with van der Waals surface area (Å²) in [7, 11) is 0. The summed E-state index contributed by atoms with van der Waals surface area (Å²) in [5.74, 6) is -1.44. The number of benzene rings is 1. The highest BCUT2D eigenvalue weighted by molar-refractivity contribution is 6.07. The Balaban J connectivity index is 2.12.